The van der Waals surface area contributed by atoms with Gasteiger partial charge in [-0.1, -0.05) is 11.6 Å². The highest BCUT2D eigenvalue weighted by atomic mass is 35.5. The molecule has 3 nitrogen and oxygen atoms in total. The summed E-state index contributed by atoms with van der Waals surface area (Å²) < 4.78 is 0.634. The number of carbonyl (C=O) groups is 2. The Morgan fingerprint density at radius 2 is 2.06 bits per heavy atom. The third-order valence-electron chi connectivity index (χ3n) is 3.10. The summed E-state index contributed by atoms with van der Waals surface area (Å²) in [4.78, 5) is 26.1. The van der Waals surface area contributed by atoms with Crippen LogP contribution in [0.3, 0.4) is 0 Å². The maximum absolute atomic E-state index is 12.2. The monoisotopic (exact) mass is 271 g/mol. The van der Waals surface area contributed by atoms with Crippen LogP contribution in [0.1, 0.15) is 29.4 Å². The van der Waals surface area contributed by atoms with Crippen LogP contribution in [0.25, 0.3) is 0 Å². The molecule has 1 aliphatic heterocycles. The molecule has 0 spiro atoms. The zero-order chi connectivity index (χ0) is 12.4. The normalized spacial score (nSPS) is 19.3. The predicted octanol–water partition coefficient (Wildman–Crippen LogP) is 2.64. The second-order valence-corrected chi connectivity index (χ2v) is 5.93. The number of hydrogen-bond acceptors (Lipinski definition) is 4. The minimum atomic E-state index is -0.169. The van der Waals surface area contributed by atoms with Crippen molar-refractivity contribution in [1.29, 1.82) is 0 Å². The van der Waals surface area contributed by atoms with Gasteiger partial charge in [0.2, 0.25) is 0 Å². The van der Waals surface area contributed by atoms with Gasteiger partial charge in [0.1, 0.15) is 5.78 Å². The van der Waals surface area contributed by atoms with Crippen molar-refractivity contribution in [3.63, 3.8) is 0 Å². The number of rotatable bonds is 3. The summed E-state index contributed by atoms with van der Waals surface area (Å²) >= 11 is 7.13. The summed E-state index contributed by atoms with van der Waals surface area (Å²) in [7, 11) is 0. The van der Waals surface area contributed by atoms with Crippen molar-refractivity contribution in [2.24, 2.45) is 0 Å². The van der Waals surface area contributed by atoms with Gasteiger partial charge in [0.05, 0.1) is 15.3 Å². The van der Waals surface area contributed by atoms with E-state index in [4.69, 9.17) is 11.6 Å². The first kappa shape index (κ1) is 12.7. The van der Waals surface area contributed by atoms with E-state index in [0.29, 0.717) is 40.9 Å². The maximum atomic E-state index is 12.2. The molecular formula is C12H14ClNO2S. The molecule has 1 unspecified atom stereocenters. The zero-order valence-corrected chi connectivity index (χ0v) is 11.2. The molecule has 0 radical (unpaired) electrons. The van der Waals surface area contributed by atoms with Crippen LogP contribution in [-0.2, 0) is 4.79 Å². The molecule has 1 atom stereocenters. The predicted molar refractivity (Wildman–Crippen MR) is 68.9 cm³/mol. The van der Waals surface area contributed by atoms with Crippen molar-refractivity contribution in [1.82, 2.24) is 4.90 Å². The van der Waals surface area contributed by atoms with Gasteiger partial charge in [-0.05, 0) is 19.1 Å². The Hall–Kier alpha value is -0.710. The van der Waals surface area contributed by atoms with Crippen LogP contribution in [0.5, 0.6) is 0 Å². The van der Waals surface area contributed by atoms with E-state index in [0.717, 1.165) is 0 Å². The third-order valence-corrected chi connectivity index (χ3v) is 4.34. The van der Waals surface area contributed by atoms with Crippen molar-refractivity contribution >= 4 is 34.5 Å². The van der Waals surface area contributed by atoms with Crippen LogP contribution in [0.4, 0.5) is 0 Å². The van der Waals surface area contributed by atoms with Crippen LogP contribution in [0.15, 0.2) is 12.1 Å². The Morgan fingerprint density at radius 3 is 2.59 bits per heavy atom. The van der Waals surface area contributed by atoms with Crippen molar-refractivity contribution in [3.8, 4) is 0 Å². The average molecular weight is 272 g/mol. The van der Waals surface area contributed by atoms with Gasteiger partial charge in [0.25, 0.3) is 0 Å². The topological polar surface area (TPSA) is 37.4 Å². The molecule has 0 bridgehead atoms. The number of ketones is 2. The standard InChI is InChI=1S/C12H14ClNO2S/c1-8(14-6-4-9(15)5-7-14)12(16)10-2-3-11(13)17-10/h2-3,8H,4-7H2,1H3. The molecule has 0 aliphatic carbocycles. The van der Waals surface area contributed by atoms with Gasteiger partial charge in [-0.25, -0.2) is 0 Å². The second-order valence-electron chi connectivity index (χ2n) is 4.22. The zero-order valence-electron chi connectivity index (χ0n) is 9.61. The van der Waals surface area contributed by atoms with E-state index >= 15 is 0 Å². The fraction of sp³-hybridized carbons (Fsp3) is 0.500. The highest BCUT2D eigenvalue weighted by molar-refractivity contribution is 7.18. The Balaban J connectivity index is 2.02. The van der Waals surface area contributed by atoms with Gasteiger partial charge in [0, 0.05) is 25.9 Å². The Bertz CT molecular complexity index is 433. The summed E-state index contributed by atoms with van der Waals surface area (Å²) in [5.41, 5.74) is 0. The van der Waals surface area contributed by atoms with Crippen molar-refractivity contribution < 1.29 is 9.59 Å². The lowest BCUT2D eigenvalue weighted by Crippen LogP contribution is -2.43. The summed E-state index contributed by atoms with van der Waals surface area (Å²) in [6, 6.07) is 3.34. The van der Waals surface area contributed by atoms with Gasteiger partial charge in [0.15, 0.2) is 5.78 Å². The fourth-order valence-corrected chi connectivity index (χ4v) is 3.04. The molecule has 1 aromatic rings. The lowest BCUT2D eigenvalue weighted by molar-refractivity contribution is -0.121. The molecule has 0 saturated carbocycles. The molecule has 0 aromatic carbocycles. The molecule has 1 aliphatic rings. The SMILES string of the molecule is CC(C(=O)c1ccc(Cl)s1)N1CCC(=O)CC1. The van der Waals surface area contributed by atoms with E-state index in [-0.39, 0.29) is 11.8 Å². The van der Waals surface area contributed by atoms with Gasteiger partial charge in [-0.15, -0.1) is 11.3 Å². The molecule has 2 rings (SSSR count). The molecule has 1 saturated heterocycles. The second kappa shape index (κ2) is 5.29. The Labute approximate surface area is 109 Å². The van der Waals surface area contributed by atoms with Crippen molar-refractivity contribution in [2.75, 3.05) is 13.1 Å². The quantitative estimate of drug-likeness (QED) is 0.793. The smallest absolute Gasteiger partial charge is 0.189 e. The minimum absolute atomic E-state index is 0.0937. The number of nitrogens with zero attached hydrogens (tertiary/aromatic N) is 1. The summed E-state index contributed by atoms with van der Waals surface area (Å²) in [5.74, 6) is 0.385. The minimum Gasteiger partial charge on any atom is -0.300 e. The van der Waals surface area contributed by atoms with Crippen LogP contribution < -0.4 is 0 Å². The first-order valence-electron chi connectivity index (χ1n) is 5.63. The lowest BCUT2D eigenvalue weighted by Gasteiger charge is -2.30. The van der Waals surface area contributed by atoms with Crippen LogP contribution >= 0.6 is 22.9 Å². The molecule has 17 heavy (non-hydrogen) atoms. The van der Waals surface area contributed by atoms with Gasteiger partial charge >= 0.3 is 0 Å². The maximum Gasteiger partial charge on any atom is 0.189 e. The third kappa shape index (κ3) is 2.94. The first-order chi connectivity index (χ1) is 8.08. The van der Waals surface area contributed by atoms with E-state index in [2.05, 4.69) is 4.90 Å². The van der Waals surface area contributed by atoms with E-state index < -0.39 is 0 Å². The highest BCUT2D eigenvalue weighted by Gasteiger charge is 2.26. The molecule has 0 amide bonds. The van der Waals surface area contributed by atoms with Crippen LogP contribution in [0, 0.1) is 0 Å². The molecule has 5 heteroatoms. The number of carbonyl (C=O) groups excluding carboxylic acids is 2. The summed E-state index contributed by atoms with van der Waals surface area (Å²) in [5, 5.41) is 0. The van der Waals surface area contributed by atoms with Crippen LogP contribution in [-0.4, -0.2) is 35.6 Å². The van der Waals surface area contributed by atoms with Crippen molar-refractivity contribution in [2.45, 2.75) is 25.8 Å². The largest absolute Gasteiger partial charge is 0.300 e. The van der Waals surface area contributed by atoms with Crippen LogP contribution in [0.2, 0.25) is 4.34 Å². The number of hydrogen-bond donors (Lipinski definition) is 0. The highest BCUT2D eigenvalue weighted by Crippen LogP contribution is 2.24. The fourth-order valence-electron chi connectivity index (χ4n) is 1.98. The number of Topliss-reactive ketones (excluding diaryl/α,β-unsaturated/α-hetero) is 2. The van der Waals surface area contributed by atoms with E-state index in [1.54, 1.807) is 12.1 Å². The molecule has 92 valence electrons. The van der Waals surface area contributed by atoms with E-state index in [1.807, 2.05) is 6.92 Å². The summed E-state index contributed by atoms with van der Waals surface area (Å²) in [6.45, 7) is 3.27. The number of likely N-dealkylation sites (tertiary alicyclic amines) is 1. The average Bonchev–Trinajstić information content (AvgIpc) is 2.75. The summed E-state index contributed by atoms with van der Waals surface area (Å²) in [6.07, 6.45) is 1.12. The molecular weight excluding hydrogens is 258 g/mol. The first-order valence-corrected chi connectivity index (χ1v) is 6.82. The van der Waals surface area contributed by atoms with E-state index in [1.165, 1.54) is 11.3 Å². The molecule has 1 aromatic heterocycles. The number of halogens is 1. The Morgan fingerprint density at radius 1 is 1.41 bits per heavy atom. The van der Waals surface area contributed by atoms with Gasteiger partial charge in [-0.3, -0.25) is 14.5 Å². The van der Waals surface area contributed by atoms with Gasteiger partial charge in [-0.2, -0.15) is 0 Å². The number of thiophene rings is 1. The van der Waals surface area contributed by atoms with Crippen molar-refractivity contribution in [3.05, 3.63) is 21.3 Å². The Kier molecular flexibility index (Phi) is 3.97. The lowest BCUT2D eigenvalue weighted by atomic mass is 10.1. The number of piperidine rings is 1. The molecule has 0 N–H and O–H groups in total. The van der Waals surface area contributed by atoms with Gasteiger partial charge < -0.3 is 0 Å². The molecule has 1 fully saturated rings. The molecule has 2 heterocycles. The van der Waals surface area contributed by atoms with E-state index in [9.17, 15) is 9.59 Å².